The number of imidazole rings is 1. The second kappa shape index (κ2) is 4.74. The molecule has 2 aromatic heterocycles. The van der Waals surface area contributed by atoms with Gasteiger partial charge in [0.15, 0.2) is 0 Å². The van der Waals surface area contributed by atoms with E-state index in [1.807, 2.05) is 22.9 Å². The van der Waals surface area contributed by atoms with E-state index in [0.29, 0.717) is 6.01 Å². The second-order valence-corrected chi connectivity index (χ2v) is 4.30. The van der Waals surface area contributed by atoms with Gasteiger partial charge < -0.3 is 4.74 Å². The van der Waals surface area contributed by atoms with E-state index in [0.717, 1.165) is 29.2 Å². The molecule has 0 radical (unpaired) electrons. The van der Waals surface area contributed by atoms with Crippen molar-refractivity contribution in [3.05, 3.63) is 18.1 Å². The van der Waals surface area contributed by atoms with E-state index < -0.39 is 0 Å². The lowest BCUT2D eigenvalue weighted by atomic mass is 10.3. The van der Waals surface area contributed by atoms with Crippen LogP contribution in [0.15, 0.2) is 17.3 Å². The lowest BCUT2D eigenvalue weighted by molar-refractivity contribution is 0.368. The molecule has 0 amide bonds. The van der Waals surface area contributed by atoms with E-state index in [2.05, 4.69) is 16.9 Å². The Morgan fingerprint density at radius 3 is 2.94 bits per heavy atom. The Balaban J connectivity index is 2.62. The highest BCUT2D eigenvalue weighted by atomic mass is 32.2. The lowest BCUT2D eigenvalue weighted by Crippen LogP contribution is -2.02. The first-order chi connectivity index (χ1) is 7.80. The maximum atomic E-state index is 5.31. The van der Waals surface area contributed by atoms with Crippen molar-refractivity contribution in [1.29, 1.82) is 0 Å². The molecule has 4 nitrogen and oxygen atoms in total. The van der Waals surface area contributed by atoms with Gasteiger partial charge in [0.2, 0.25) is 0 Å². The third-order valence-corrected chi connectivity index (χ3v) is 3.02. The molecule has 5 heteroatoms. The fourth-order valence-corrected chi connectivity index (χ4v) is 2.08. The molecule has 0 saturated carbocycles. The molecular weight excluding hydrogens is 222 g/mol. The number of methoxy groups -OCH3 is 1. The van der Waals surface area contributed by atoms with Crippen LogP contribution in [0, 0.1) is 0 Å². The van der Waals surface area contributed by atoms with Crippen molar-refractivity contribution in [1.82, 2.24) is 14.4 Å². The highest BCUT2D eigenvalue weighted by Crippen LogP contribution is 2.22. The van der Waals surface area contributed by atoms with Gasteiger partial charge in [-0.3, -0.25) is 4.40 Å². The van der Waals surface area contributed by atoms with Crippen molar-refractivity contribution in [3.63, 3.8) is 0 Å². The minimum Gasteiger partial charge on any atom is -0.468 e. The molecule has 2 heterocycles. The molecule has 86 valence electrons. The average Bonchev–Trinajstić information content (AvgIpc) is 2.72. The molecule has 2 rings (SSSR count). The summed E-state index contributed by atoms with van der Waals surface area (Å²) in [5, 5.41) is 0.951. The fraction of sp³-hybridized carbons (Fsp3) is 0.455. The molecule has 0 spiro atoms. The summed E-state index contributed by atoms with van der Waals surface area (Å²) in [6.45, 7) is 2.14. The van der Waals surface area contributed by atoms with Crippen molar-refractivity contribution in [2.75, 3.05) is 13.4 Å². The molecule has 0 N–H and O–H groups in total. The van der Waals surface area contributed by atoms with Crippen molar-refractivity contribution < 1.29 is 4.74 Å². The summed E-state index contributed by atoms with van der Waals surface area (Å²) in [6, 6.07) is 2.64. The number of fused-ring (bicyclic) bond motifs is 1. The molecule has 2 aromatic rings. The normalized spacial score (nSPS) is 10.9. The Labute approximate surface area is 99.1 Å². The van der Waals surface area contributed by atoms with Crippen LogP contribution in [0.4, 0.5) is 0 Å². The first kappa shape index (κ1) is 11.3. The third-order valence-electron chi connectivity index (χ3n) is 2.40. The van der Waals surface area contributed by atoms with Gasteiger partial charge in [-0.05, 0) is 18.7 Å². The largest absolute Gasteiger partial charge is 0.468 e. The van der Waals surface area contributed by atoms with E-state index in [1.165, 1.54) is 0 Å². The zero-order valence-electron chi connectivity index (χ0n) is 9.73. The van der Waals surface area contributed by atoms with Crippen LogP contribution in [0.25, 0.3) is 5.52 Å². The number of aromatic nitrogens is 3. The van der Waals surface area contributed by atoms with Crippen molar-refractivity contribution in [2.45, 2.75) is 24.8 Å². The summed E-state index contributed by atoms with van der Waals surface area (Å²) in [7, 11) is 1.64. The molecule has 0 aliphatic carbocycles. The quantitative estimate of drug-likeness (QED) is 0.604. The molecule has 0 unspecified atom stereocenters. The van der Waals surface area contributed by atoms with Gasteiger partial charge in [0.05, 0.1) is 18.8 Å². The monoisotopic (exact) mass is 237 g/mol. The summed E-state index contributed by atoms with van der Waals surface area (Å²) in [5.74, 6) is 1.01. The van der Waals surface area contributed by atoms with Crippen LogP contribution in [0.5, 0.6) is 6.01 Å². The Hall–Kier alpha value is -1.23. The van der Waals surface area contributed by atoms with E-state index >= 15 is 0 Å². The first-order valence-corrected chi connectivity index (χ1v) is 6.48. The van der Waals surface area contributed by atoms with Crippen molar-refractivity contribution in [2.24, 2.45) is 0 Å². The van der Waals surface area contributed by atoms with Crippen LogP contribution < -0.4 is 4.74 Å². The maximum absolute atomic E-state index is 5.31. The fourth-order valence-electron chi connectivity index (χ4n) is 1.67. The van der Waals surface area contributed by atoms with Gasteiger partial charge in [-0.1, -0.05) is 6.92 Å². The van der Waals surface area contributed by atoms with E-state index in [4.69, 9.17) is 4.74 Å². The van der Waals surface area contributed by atoms with Gasteiger partial charge in [0, 0.05) is 6.42 Å². The summed E-state index contributed by atoms with van der Waals surface area (Å²) in [5.41, 5.74) is 1.04. The zero-order chi connectivity index (χ0) is 11.5. The SMILES string of the molecule is CCCc1ncc2cc(SC)nc(OC)n12. The molecule has 0 aliphatic heterocycles. The Morgan fingerprint density at radius 2 is 2.31 bits per heavy atom. The van der Waals surface area contributed by atoms with Crippen LogP contribution in [-0.4, -0.2) is 27.7 Å². The highest BCUT2D eigenvalue weighted by molar-refractivity contribution is 7.98. The van der Waals surface area contributed by atoms with Crippen molar-refractivity contribution in [3.8, 4) is 6.01 Å². The van der Waals surface area contributed by atoms with Crippen LogP contribution in [0.3, 0.4) is 0 Å². The molecule has 0 fully saturated rings. The zero-order valence-corrected chi connectivity index (χ0v) is 10.5. The number of hydrogen-bond donors (Lipinski definition) is 0. The predicted octanol–water partition coefficient (Wildman–Crippen LogP) is 2.41. The predicted molar refractivity (Wildman–Crippen MR) is 65.3 cm³/mol. The average molecular weight is 237 g/mol. The number of rotatable bonds is 4. The van der Waals surface area contributed by atoms with Crippen LogP contribution in [0.2, 0.25) is 0 Å². The summed E-state index contributed by atoms with van der Waals surface area (Å²) in [6.07, 6.45) is 5.87. The van der Waals surface area contributed by atoms with Gasteiger partial charge >= 0.3 is 6.01 Å². The van der Waals surface area contributed by atoms with Gasteiger partial charge in [-0.2, -0.15) is 4.98 Å². The lowest BCUT2D eigenvalue weighted by Gasteiger charge is -2.07. The number of nitrogens with zero attached hydrogens (tertiary/aromatic N) is 3. The third kappa shape index (κ3) is 1.87. The minimum absolute atomic E-state index is 0.614. The molecule has 0 aliphatic rings. The Morgan fingerprint density at radius 1 is 1.50 bits per heavy atom. The molecule has 0 aromatic carbocycles. The molecular formula is C11H15N3OS. The van der Waals surface area contributed by atoms with Crippen LogP contribution in [0.1, 0.15) is 19.2 Å². The number of ether oxygens (including phenoxy) is 1. The van der Waals surface area contributed by atoms with E-state index in [1.54, 1.807) is 18.9 Å². The van der Waals surface area contributed by atoms with Gasteiger partial charge in [0.1, 0.15) is 10.9 Å². The molecule has 0 saturated heterocycles. The summed E-state index contributed by atoms with van der Waals surface area (Å²) < 4.78 is 7.29. The van der Waals surface area contributed by atoms with Crippen molar-refractivity contribution >= 4 is 17.3 Å². The van der Waals surface area contributed by atoms with Crippen LogP contribution in [-0.2, 0) is 6.42 Å². The second-order valence-electron chi connectivity index (χ2n) is 3.47. The minimum atomic E-state index is 0.614. The Kier molecular flexibility index (Phi) is 3.33. The molecule has 16 heavy (non-hydrogen) atoms. The number of aryl methyl sites for hydroxylation is 1. The Bertz CT molecular complexity index is 495. The van der Waals surface area contributed by atoms with E-state index in [9.17, 15) is 0 Å². The van der Waals surface area contributed by atoms with Crippen LogP contribution >= 0.6 is 11.8 Å². The van der Waals surface area contributed by atoms with Gasteiger partial charge in [-0.15, -0.1) is 11.8 Å². The number of hydrogen-bond acceptors (Lipinski definition) is 4. The topological polar surface area (TPSA) is 39.4 Å². The smallest absolute Gasteiger partial charge is 0.303 e. The summed E-state index contributed by atoms with van der Waals surface area (Å²) >= 11 is 1.60. The van der Waals surface area contributed by atoms with Gasteiger partial charge in [0.25, 0.3) is 0 Å². The molecule has 0 atom stereocenters. The van der Waals surface area contributed by atoms with E-state index in [-0.39, 0.29) is 0 Å². The molecule has 0 bridgehead atoms. The highest BCUT2D eigenvalue weighted by Gasteiger charge is 2.10. The first-order valence-electron chi connectivity index (χ1n) is 5.25. The number of thioether (sulfide) groups is 1. The standard InChI is InChI=1S/C11H15N3OS/c1-4-5-9-12-7-8-6-10(16-3)13-11(15-2)14(8)9/h6-7H,4-5H2,1-3H3. The van der Waals surface area contributed by atoms with Gasteiger partial charge in [-0.25, -0.2) is 4.98 Å². The summed E-state index contributed by atoms with van der Waals surface area (Å²) in [4.78, 5) is 8.82. The maximum Gasteiger partial charge on any atom is 0.303 e.